The highest BCUT2D eigenvalue weighted by molar-refractivity contribution is 5.16. The second-order valence-corrected chi connectivity index (χ2v) is 3.87. The van der Waals surface area contributed by atoms with Crippen molar-refractivity contribution in [3.63, 3.8) is 0 Å². The Bertz CT molecular complexity index is 299. The minimum atomic E-state index is -0.271. The Morgan fingerprint density at radius 2 is 2.12 bits per heavy atom. The van der Waals surface area contributed by atoms with Crippen molar-refractivity contribution >= 4 is 0 Å². The Morgan fingerprint density at radius 3 is 2.88 bits per heavy atom. The van der Waals surface area contributed by atoms with Crippen LogP contribution in [0, 0.1) is 0 Å². The lowest BCUT2D eigenvalue weighted by atomic mass is 10.2. The fourth-order valence-corrected chi connectivity index (χ4v) is 1.61. The third-order valence-electron chi connectivity index (χ3n) is 2.53. The maximum atomic E-state index is 5.65. The van der Waals surface area contributed by atoms with Crippen molar-refractivity contribution in [2.75, 3.05) is 13.2 Å². The van der Waals surface area contributed by atoms with E-state index in [4.69, 9.17) is 14.2 Å². The van der Waals surface area contributed by atoms with Crippen LogP contribution < -0.4 is 0 Å². The van der Waals surface area contributed by atoms with Crippen LogP contribution in [-0.4, -0.2) is 19.5 Å². The highest BCUT2D eigenvalue weighted by Crippen LogP contribution is 2.26. The lowest BCUT2D eigenvalue weighted by Gasteiger charge is -2.11. The maximum absolute atomic E-state index is 5.65. The van der Waals surface area contributed by atoms with Crippen LogP contribution in [0.25, 0.3) is 0 Å². The van der Waals surface area contributed by atoms with Gasteiger partial charge in [0.1, 0.15) is 6.61 Å². The van der Waals surface area contributed by atoms with Crippen LogP contribution in [0.2, 0.25) is 0 Å². The molecule has 1 fully saturated rings. The second kappa shape index (κ2) is 5.99. The van der Waals surface area contributed by atoms with E-state index in [0.29, 0.717) is 6.61 Å². The Hall–Kier alpha value is -0.900. The molecule has 2 atom stereocenters. The highest BCUT2D eigenvalue weighted by Gasteiger charge is 2.27. The van der Waals surface area contributed by atoms with Gasteiger partial charge in [0, 0.05) is 12.2 Å². The van der Waals surface area contributed by atoms with E-state index in [2.05, 4.69) is 6.92 Å². The molecule has 3 nitrogen and oxygen atoms in total. The molecule has 0 saturated carbocycles. The van der Waals surface area contributed by atoms with Gasteiger partial charge in [-0.15, -0.1) is 0 Å². The smallest absolute Gasteiger partial charge is 0.187 e. The Kier molecular flexibility index (Phi) is 4.34. The third kappa shape index (κ3) is 3.04. The first-order valence-electron chi connectivity index (χ1n) is 5.83. The summed E-state index contributed by atoms with van der Waals surface area (Å²) in [5, 5.41) is 0. The predicted molar refractivity (Wildman–Crippen MR) is 60.9 cm³/mol. The van der Waals surface area contributed by atoms with Crippen molar-refractivity contribution in [2.24, 2.45) is 0 Å². The molecule has 1 saturated heterocycles. The number of ether oxygens (including phenoxy) is 3. The van der Waals surface area contributed by atoms with Crippen molar-refractivity contribution in [2.45, 2.75) is 32.3 Å². The van der Waals surface area contributed by atoms with Gasteiger partial charge in [0.15, 0.2) is 12.6 Å². The van der Waals surface area contributed by atoms with Crippen molar-refractivity contribution in [3.8, 4) is 0 Å². The lowest BCUT2D eigenvalue weighted by molar-refractivity contribution is -0.146. The zero-order valence-electron chi connectivity index (χ0n) is 9.59. The van der Waals surface area contributed by atoms with E-state index in [1.807, 2.05) is 30.3 Å². The highest BCUT2D eigenvalue weighted by atomic mass is 16.8. The molecule has 88 valence electrons. The van der Waals surface area contributed by atoms with Crippen molar-refractivity contribution in [1.82, 2.24) is 0 Å². The van der Waals surface area contributed by atoms with Crippen molar-refractivity contribution in [1.29, 1.82) is 0 Å². The molecule has 1 aromatic carbocycles. The van der Waals surface area contributed by atoms with Gasteiger partial charge in [0.05, 0.1) is 0 Å². The van der Waals surface area contributed by atoms with E-state index in [1.54, 1.807) is 0 Å². The summed E-state index contributed by atoms with van der Waals surface area (Å²) in [4.78, 5) is 0. The molecule has 1 aliphatic heterocycles. The zero-order chi connectivity index (χ0) is 11.2. The standard InChI is InChI=1S/C13H18O3/c1-2-3-9-14-12-10-15-13(16-12)11-7-5-4-6-8-11/h4-8,12-13H,2-3,9-10H2,1H3. The van der Waals surface area contributed by atoms with Crippen molar-refractivity contribution < 1.29 is 14.2 Å². The van der Waals surface area contributed by atoms with E-state index in [1.165, 1.54) is 0 Å². The molecule has 0 aromatic heterocycles. The summed E-state index contributed by atoms with van der Waals surface area (Å²) >= 11 is 0. The summed E-state index contributed by atoms with van der Waals surface area (Å²) in [6.07, 6.45) is 1.72. The molecule has 0 bridgehead atoms. The van der Waals surface area contributed by atoms with E-state index in [-0.39, 0.29) is 12.6 Å². The third-order valence-corrected chi connectivity index (χ3v) is 2.53. The monoisotopic (exact) mass is 222 g/mol. The van der Waals surface area contributed by atoms with Gasteiger partial charge in [-0.3, -0.25) is 0 Å². The first-order chi connectivity index (χ1) is 7.90. The zero-order valence-corrected chi connectivity index (χ0v) is 9.59. The molecule has 2 rings (SSSR count). The second-order valence-electron chi connectivity index (χ2n) is 3.87. The van der Waals surface area contributed by atoms with Crippen LogP contribution in [0.5, 0.6) is 0 Å². The molecule has 2 unspecified atom stereocenters. The van der Waals surface area contributed by atoms with Crippen LogP contribution in [0.15, 0.2) is 30.3 Å². The predicted octanol–water partition coefficient (Wildman–Crippen LogP) is 2.87. The molecule has 16 heavy (non-hydrogen) atoms. The van der Waals surface area contributed by atoms with Gasteiger partial charge >= 0.3 is 0 Å². The van der Waals surface area contributed by atoms with Crippen molar-refractivity contribution in [3.05, 3.63) is 35.9 Å². The Balaban J connectivity index is 1.79. The number of hydrogen-bond donors (Lipinski definition) is 0. The molecule has 0 amide bonds. The molecule has 1 aromatic rings. The molecule has 3 heteroatoms. The molecule has 1 heterocycles. The van der Waals surface area contributed by atoms with E-state index < -0.39 is 0 Å². The summed E-state index contributed by atoms with van der Waals surface area (Å²) in [7, 11) is 0. The number of benzene rings is 1. The minimum absolute atomic E-state index is 0.211. The van der Waals surface area contributed by atoms with Gasteiger partial charge < -0.3 is 14.2 Å². The SMILES string of the molecule is CCCCOC1COC(c2ccccc2)O1. The van der Waals surface area contributed by atoms with E-state index in [0.717, 1.165) is 25.0 Å². The van der Waals surface area contributed by atoms with E-state index >= 15 is 0 Å². The van der Waals surface area contributed by atoms with Gasteiger partial charge in [-0.1, -0.05) is 43.7 Å². The lowest BCUT2D eigenvalue weighted by Crippen LogP contribution is -2.15. The van der Waals surface area contributed by atoms with Gasteiger partial charge in [0.2, 0.25) is 0 Å². The van der Waals surface area contributed by atoms with Crippen LogP contribution in [0.4, 0.5) is 0 Å². The van der Waals surface area contributed by atoms with Crippen LogP contribution in [0.3, 0.4) is 0 Å². The summed E-state index contributed by atoms with van der Waals surface area (Å²) in [6, 6.07) is 9.94. The summed E-state index contributed by atoms with van der Waals surface area (Å²) in [6.45, 7) is 3.40. The molecule has 0 spiro atoms. The van der Waals surface area contributed by atoms with Crippen LogP contribution >= 0.6 is 0 Å². The quantitative estimate of drug-likeness (QED) is 0.717. The normalized spacial score (nSPS) is 24.8. The molecule has 1 aliphatic rings. The number of hydrogen-bond acceptors (Lipinski definition) is 3. The Morgan fingerprint density at radius 1 is 1.31 bits per heavy atom. The van der Waals surface area contributed by atoms with Crippen LogP contribution in [-0.2, 0) is 14.2 Å². The molecular weight excluding hydrogens is 204 g/mol. The summed E-state index contributed by atoms with van der Waals surface area (Å²) in [5.74, 6) is 0. The van der Waals surface area contributed by atoms with E-state index in [9.17, 15) is 0 Å². The average molecular weight is 222 g/mol. The number of rotatable bonds is 5. The molecular formula is C13H18O3. The first-order valence-corrected chi connectivity index (χ1v) is 5.83. The molecule has 0 radical (unpaired) electrons. The van der Waals surface area contributed by atoms with Crippen LogP contribution in [0.1, 0.15) is 31.6 Å². The number of unbranched alkanes of at least 4 members (excludes halogenated alkanes) is 1. The fourth-order valence-electron chi connectivity index (χ4n) is 1.61. The largest absolute Gasteiger partial charge is 0.350 e. The maximum Gasteiger partial charge on any atom is 0.187 e. The first kappa shape index (κ1) is 11.6. The minimum Gasteiger partial charge on any atom is -0.350 e. The summed E-state index contributed by atoms with van der Waals surface area (Å²) in [5.41, 5.74) is 1.05. The Labute approximate surface area is 96.3 Å². The fraction of sp³-hybridized carbons (Fsp3) is 0.538. The summed E-state index contributed by atoms with van der Waals surface area (Å²) < 4.78 is 16.7. The van der Waals surface area contributed by atoms with Gasteiger partial charge in [-0.05, 0) is 6.42 Å². The average Bonchev–Trinajstić information content (AvgIpc) is 2.79. The van der Waals surface area contributed by atoms with Gasteiger partial charge in [0.25, 0.3) is 0 Å². The molecule has 0 N–H and O–H groups in total. The molecule has 0 aliphatic carbocycles. The van der Waals surface area contributed by atoms with Gasteiger partial charge in [-0.2, -0.15) is 0 Å². The van der Waals surface area contributed by atoms with Gasteiger partial charge in [-0.25, -0.2) is 0 Å². The topological polar surface area (TPSA) is 27.7 Å².